The van der Waals surface area contributed by atoms with Gasteiger partial charge in [0.25, 0.3) is 0 Å². The standard InChI is InChI=1S/C14H18N4O2/c19-13-9-20-12-8-17(14-15-4-1-5-16-14)7-11(12)18(13)6-10-2-3-10/h1,4-5,10-12H,2-3,6-9H2/t11-,12-/m0/s1. The van der Waals surface area contributed by atoms with E-state index in [2.05, 4.69) is 14.9 Å². The van der Waals surface area contributed by atoms with Crippen LogP contribution in [0.1, 0.15) is 12.8 Å². The van der Waals surface area contributed by atoms with Crippen LogP contribution >= 0.6 is 0 Å². The SMILES string of the molecule is O=C1CO[C@H]2CN(c3ncccn3)C[C@@H]2N1CC1CC1. The Morgan fingerprint density at radius 2 is 2.05 bits per heavy atom. The van der Waals surface area contributed by atoms with Crippen molar-refractivity contribution in [2.24, 2.45) is 5.92 Å². The maximum Gasteiger partial charge on any atom is 0.248 e. The van der Waals surface area contributed by atoms with Gasteiger partial charge < -0.3 is 14.5 Å². The van der Waals surface area contributed by atoms with Crippen LogP contribution in [0.5, 0.6) is 0 Å². The summed E-state index contributed by atoms with van der Waals surface area (Å²) in [4.78, 5) is 24.8. The van der Waals surface area contributed by atoms with Crippen molar-refractivity contribution in [3.8, 4) is 0 Å². The monoisotopic (exact) mass is 274 g/mol. The van der Waals surface area contributed by atoms with Gasteiger partial charge in [0.05, 0.1) is 12.1 Å². The van der Waals surface area contributed by atoms with Crippen LogP contribution in [0, 0.1) is 5.92 Å². The van der Waals surface area contributed by atoms with Gasteiger partial charge in [0, 0.05) is 32.0 Å². The van der Waals surface area contributed by atoms with E-state index in [4.69, 9.17) is 4.74 Å². The number of morpholine rings is 1. The molecule has 2 atom stereocenters. The highest BCUT2D eigenvalue weighted by molar-refractivity contribution is 5.79. The molecule has 1 aromatic heterocycles. The maximum absolute atomic E-state index is 12.1. The normalized spacial score (nSPS) is 29.7. The first kappa shape index (κ1) is 12.1. The van der Waals surface area contributed by atoms with Gasteiger partial charge in [-0.1, -0.05) is 0 Å². The number of carbonyl (C=O) groups is 1. The summed E-state index contributed by atoms with van der Waals surface area (Å²) in [5.74, 6) is 1.57. The Kier molecular flexibility index (Phi) is 2.84. The van der Waals surface area contributed by atoms with Crippen LogP contribution in [0.4, 0.5) is 5.95 Å². The number of nitrogens with zero attached hydrogens (tertiary/aromatic N) is 4. The number of carbonyl (C=O) groups excluding carboxylic acids is 1. The van der Waals surface area contributed by atoms with Gasteiger partial charge in [-0.05, 0) is 24.8 Å². The highest BCUT2D eigenvalue weighted by atomic mass is 16.5. The summed E-state index contributed by atoms with van der Waals surface area (Å²) in [5, 5.41) is 0. The van der Waals surface area contributed by atoms with Gasteiger partial charge >= 0.3 is 0 Å². The van der Waals surface area contributed by atoms with Crippen LogP contribution in [-0.2, 0) is 9.53 Å². The van der Waals surface area contributed by atoms with Crippen molar-refractivity contribution in [2.45, 2.75) is 25.0 Å². The van der Waals surface area contributed by atoms with E-state index in [1.54, 1.807) is 12.4 Å². The minimum absolute atomic E-state index is 0.0928. The minimum atomic E-state index is 0.0928. The van der Waals surface area contributed by atoms with Crippen molar-refractivity contribution >= 4 is 11.9 Å². The van der Waals surface area contributed by atoms with Crippen LogP contribution in [0.25, 0.3) is 0 Å². The molecule has 0 unspecified atom stereocenters. The number of hydrogen-bond acceptors (Lipinski definition) is 5. The van der Waals surface area contributed by atoms with Crippen LogP contribution in [0.3, 0.4) is 0 Å². The fourth-order valence-electron chi connectivity index (χ4n) is 3.10. The molecule has 0 spiro atoms. The molecule has 6 heteroatoms. The number of fused-ring (bicyclic) bond motifs is 1. The highest BCUT2D eigenvalue weighted by Gasteiger charge is 2.45. The van der Waals surface area contributed by atoms with E-state index in [1.165, 1.54) is 12.8 Å². The Balaban J connectivity index is 1.52. The second kappa shape index (κ2) is 4.70. The molecule has 6 nitrogen and oxygen atoms in total. The van der Waals surface area contributed by atoms with E-state index < -0.39 is 0 Å². The van der Waals surface area contributed by atoms with E-state index >= 15 is 0 Å². The van der Waals surface area contributed by atoms with Crippen molar-refractivity contribution in [3.05, 3.63) is 18.5 Å². The van der Waals surface area contributed by atoms with Gasteiger partial charge in [-0.25, -0.2) is 9.97 Å². The summed E-state index contributed by atoms with van der Waals surface area (Å²) >= 11 is 0. The minimum Gasteiger partial charge on any atom is -0.364 e. The topological polar surface area (TPSA) is 58.6 Å². The van der Waals surface area contributed by atoms with Gasteiger partial charge in [-0.2, -0.15) is 0 Å². The van der Waals surface area contributed by atoms with E-state index in [1.807, 2.05) is 11.0 Å². The smallest absolute Gasteiger partial charge is 0.248 e. The molecule has 106 valence electrons. The predicted molar refractivity (Wildman–Crippen MR) is 72.2 cm³/mol. The number of anilines is 1. The number of amides is 1. The molecule has 0 radical (unpaired) electrons. The average Bonchev–Trinajstić information content (AvgIpc) is 3.19. The zero-order valence-electron chi connectivity index (χ0n) is 11.3. The van der Waals surface area contributed by atoms with Crippen LogP contribution in [0.2, 0.25) is 0 Å². The lowest BCUT2D eigenvalue weighted by atomic mass is 10.1. The van der Waals surface area contributed by atoms with E-state index in [9.17, 15) is 4.79 Å². The Bertz CT molecular complexity index is 505. The first-order valence-corrected chi connectivity index (χ1v) is 7.24. The molecule has 20 heavy (non-hydrogen) atoms. The van der Waals surface area contributed by atoms with Crippen LogP contribution in [0.15, 0.2) is 18.5 Å². The van der Waals surface area contributed by atoms with Crippen molar-refractivity contribution in [1.82, 2.24) is 14.9 Å². The van der Waals surface area contributed by atoms with Crippen molar-refractivity contribution in [1.29, 1.82) is 0 Å². The van der Waals surface area contributed by atoms with Gasteiger partial charge in [0.15, 0.2) is 0 Å². The van der Waals surface area contributed by atoms with E-state index in [-0.39, 0.29) is 24.7 Å². The highest BCUT2D eigenvalue weighted by Crippen LogP contribution is 2.33. The molecule has 0 aromatic carbocycles. The Hall–Kier alpha value is -1.69. The molecule has 0 bridgehead atoms. The fraction of sp³-hybridized carbons (Fsp3) is 0.643. The zero-order valence-corrected chi connectivity index (χ0v) is 11.3. The number of rotatable bonds is 3. The summed E-state index contributed by atoms with van der Waals surface area (Å²) in [6, 6.07) is 1.96. The van der Waals surface area contributed by atoms with Crippen LogP contribution < -0.4 is 4.90 Å². The lowest BCUT2D eigenvalue weighted by Gasteiger charge is -2.36. The summed E-state index contributed by atoms with van der Waals surface area (Å²) in [6.07, 6.45) is 6.10. The summed E-state index contributed by atoms with van der Waals surface area (Å²) in [7, 11) is 0. The van der Waals surface area contributed by atoms with Gasteiger partial charge in [-0.3, -0.25) is 4.79 Å². The quantitative estimate of drug-likeness (QED) is 0.793. The molecule has 4 rings (SSSR count). The largest absolute Gasteiger partial charge is 0.364 e. The van der Waals surface area contributed by atoms with E-state index in [0.29, 0.717) is 5.92 Å². The van der Waals surface area contributed by atoms with Gasteiger partial charge in [0.2, 0.25) is 11.9 Å². The molecule has 1 aliphatic carbocycles. The summed E-state index contributed by atoms with van der Waals surface area (Å²) < 4.78 is 5.71. The molecular weight excluding hydrogens is 256 g/mol. The molecule has 1 amide bonds. The zero-order chi connectivity index (χ0) is 13.5. The molecule has 3 fully saturated rings. The third-order valence-corrected chi connectivity index (χ3v) is 4.37. The van der Waals surface area contributed by atoms with Crippen molar-refractivity contribution in [3.63, 3.8) is 0 Å². The summed E-state index contributed by atoms with van der Waals surface area (Å²) in [6.45, 7) is 2.65. The molecule has 2 aliphatic heterocycles. The van der Waals surface area contributed by atoms with Gasteiger partial charge in [0.1, 0.15) is 6.61 Å². The lowest BCUT2D eigenvalue weighted by Crippen LogP contribution is -2.54. The first-order chi connectivity index (χ1) is 9.81. The molecule has 2 saturated heterocycles. The molecule has 1 saturated carbocycles. The number of ether oxygens (including phenoxy) is 1. The second-order valence-corrected chi connectivity index (χ2v) is 5.86. The second-order valence-electron chi connectivity index (χ2n) is 5.86. The molecular formula is C14H18N4O2. The fourth-order valence-corrected chi connectivity index (χ4v) is 3.10. The van der Waals surface area contributed by atoms with Crippen molar-refractivity contribution < 1.29 is 9.53 Å². The first-order valence-electron chi connectivity index (χ1n) is 7.24. The molecule has 0 N–H and O–H groups in total. The number of aromatic nitrogens is 2. The Labute approximate surface area is 117 Å². The van der Waals surface area contributed by atoms with Crippen molar-refractivity contribution in [2.75, 3.05) is 31.1 Å². The number of hydrogen-bond donors (Lipinski definition) is 0. The van der Waals surface area contributed by atoms with Crippen LogP contribution in [-0.4, -0.2) is 59.2 Å². The van der Waals surface area contributed by atoms with Gasteiger partial charge in [-0.15, -0.1) is 0 Å². The third kappa shape index (κ3) is 2.14. The Morgan fingerprint density at radius 3 is 2.80 bits per heavy atom. The Morgan fingerprint density at radius 1 is 1.25 bits per heavy atom. The van der Waals surface area contributed by atoms with E-state index in [0.717, 1.165) is 25.6 Å². The average molecular weight is 274 g/mol. The molecule has 1 aromatic rings. The maximum atomic E-state index is 12.1. The lowest BCUT2D eigenvalue weighted by molar-refractivity contribution is -0.153. The third-order valence-electron chi connectivity index (χ3n) is 4.37. The predicted octanol–water partition coefficient (Wildman–Crippen LogP) is 0.303. The molecule has 3 aliphatic rings. The molecule has 3 heterocycles. The summed E-state index contributed by atoms with van der Waals surface area (Å²) in [5.41, 5.74) is 0.